The normalized spacial score (nSPS) is 23.5. The summed E-state index contributed by atoms with van der Waals surface area (Å²) in [6.07, 6.45) is 5.83. The van der Waals surface area contributed by atoms with Crippen molar-refractivity contribution in [3.8, 4) is 0 Å². The third-order valence-corrected chi connectivity index (χ3v) is 5.08. The molecule has 1 aromatic rings. The smallest absolute Gasteiger partial charge is 0.109 e. The SMILES string of the molecule is Cc1cnc(C(C)NC2CCCN(C(C)C)CC2)s1. The van der Waals surface area contributed by atoms with Crippen LogP contribution in [0.1, 0.15) is 56.0 Å². The summed E-state index contributed by atoms with van der Waals surface area (Å²) < 4.78 is 0. The van der Waals surface area contributed by atoms with Crippen LogP contribution in [0.3, 0.4) is 0 Å². The van der Waals surface area contributed by atoms with Crippen LogP contribution in [0, 0.1) is 6.92 Å². The molecule has 0 amide bonds. The van der Waals surface area contributed by atoms with Gasteiger partial charge in [-0.25, -0.2) is 4.98 Å². The molecule has 1 N–H and O–H groups in total. The first kappa shape index (κ1) is 14.9. The topological polar surface area (TPSA) is 28.2 Å². The first-order chi connectivity index (χ1) is 9.06. The molecule has 0 spiro atoms. The van der Waals surface area contributed by atoms with E-state index in [1.54, 1.807) is 0 Å². The molecule has 0 radical (unpaired) electrons. The van der Waals surface area contributed by atoms with Crippen LogP contribution in [-0.4, -0.2) is 35.1 Å². The third-order valence-electron chi connectivity index (χ3n) is 3.99. The minimum Gasteiger partial charge on any atom is -0.305 e. The molecule has 0 saturated carbocycles. The molecular weight excluding hydrogens is 254 g/mol. The number of hydrogen-bond donors (Lipinski definition) is 1. The van der Waals surface area contributed by atoms with Gasteiger partial charge >= 0.3 is 0 Å². The third kappa shape index (κ3) is 4.26. The Labute approximate surface area is 121 Å². The van der Waals surface area contributed by atoms with Crippen molar-refractivity contribution in [1.29, 1.82) is 0 Å². The average molecular weight is 281 g/mol. The Morgan fingerprint density at radius 3 is 2.74 bits per heavy atom. The van der Waals surface area contributed by atoms with Crippen LogP contribution in [0.15, 0.2) is 6.20 Å². The Kier molecular flexibility index (Phi) is 5.37. The van der Waals surface area contributed by atoms with E-state index in [2.05, 4.69) is 42.9 Å². The van der Waals surface area contributed by atoms with Gasteiger partial charge in [0.2, 0.25) is 0 Å². The van der Waals surface area contributed by atoms with E-state index < -0.39 is 0 Å². The molecule has 2 heterocycles. The lowest BCUT2D eigenvalue weighted by molar-refractivity contribution is 0.228. The van der Waals surface area contributed by atoms with Gasteiger partial charge in [-0.1, -0.05) is 0 Å². The second kappa shape index (κ2) is 6.82. The Balaban J connectivity index is 1.86. The summed E-state index contributed by atoms with van der Waals surface area (Å²) in [5.41, 5.74) is 0. The van der Waals surface area contributed by atoms with Crippen LogP contribution in [0.5, 0.6) is 0 Å². The van der Waals surface area contributed by atoms with Gasteiger partial charge in [-0.3, -0.25) is 0 Å². The van der Waals surface area contributed by atoms with Crippen molar-refractivity contribution in [2.45, 2.75) is 65.1 Å². The lowest BCUT2D eigenvalue weighted by Gasteiger charge is -2.25. The van der Waals surface area contributed by atoms with Gasteiger partial charge in [0.05, 0.1) is 6.04 Å². The highest BCUT2D eigenvalue weighted by atomic mass is 32.1. The van der Waals surface area contributed by atoms with Crippen molar-refractivity contribution < 1.29 is 0 Å². The van der Waals surface area contributed by atoms with Crippen LogP contribution in [0.2, 0.25) is 0 Å². The maximum atomic E-state index is 4.49. The highest BCUT2D eigenvalue weighted by Crippen LogP contribution is 2.22. The van der Waals surface area contributed by atoms with E-state index in [1.807, 2.05) is 17.5 Å². The maximum absolute atomic E-state index is 4.49. The van der Waals surface area contributed by atoms with Crippen LogP contribution < -0.4 is 5.32 Å². The molecule has 4 heteroatoms. The molecule has 2 unspecified atom stereocenters. The van der Waals surface area contributed by atoms with Crippen molar-refractivity contribution in [3.63, 3.8) is 0 Å². The molecule has 0 aliphatic carbocycles. The van der Waals surface area contributed by atoms with E-state index in [-0.39, 0.29) is 0 Å². The molecule has 3 nitrogen and oxygen atoms in total. The summed E-state index contributed by atoms with van der Waals surface area (Å²) in [5.74, 6) is 0. The number of thiazole rings is 1. The Morgan fingerprint density at radius 1 is 1.32 bits per heavy atom. The molecule has 19 heavy (non-hydrogen) atoms. The molecule has 2 atom stereocenters. The maximum Gasteiger partial charge on any atom is 0.109 e. The van der Waals surface area contributed by atoms with Crippen LogP contribution >= 0.6 is 11.3 Å². The van der Waals surface area contributed by atoms with Gasteiger partial charge in [0, 0.05) is 23.2 Å². The zero-order chi connectivity index (χ0) is 13.8. The summed E-state index contributed by atoms with van der Waals surface area (Å²) in [6.45, 7) is 11.4. The van der Waals surface area contributed by atoms with Gasteiger partial charge in [0.1, 0.15) is 5.01 Å². The molecule has 0 bridgehead atoms. The number of nitrogens with zero attached hydrogens (tertiary/aromatic N) is 2. The van der Waals surface area contributed by atoms with Crippen molar-refractivity contribution in [3.05, 3.63) is 16.1 Å². The van der Waals surface area contributed by atoms with Crippen LogP contribution in [0.4, 0.5) is 0 Å². The fraction of sp³-hybridized carbons (Fsp3) is 0.800. The summed E-state index contributed by atoms with van der Waals surface area (Å²) in [4.78, 5) is 8.39. The first-order valence-corrected chi connectivity index (χ1v) is 8.30. The first-order valence-electron chi connectivity index (χ1n) is 7.48. The summed E-state index contributed by atoms with van der Waals surface area (Å²) >= 11 is 1.81. The molecule has 2 rings (SSSR count). The van der Waals surface area contributed by atoms with E-state index in [0.29, 0.717) is 18.1 Å². The molecule has 1 saturated heterocycles. The van der Waals surface area contributed by atoms with Crippen molar-refractivity contribution in [2.75, 3.05) is 13.1 Å². The van der Waals surface area contributed by atoms with Crippen LogP contribution in [-0.2, 0) is 0 Å². The number of nitrogens with one attached hydrogen (secondary N) is 1. The highest BCUT2D eigenvalue weighted by molar-refractivity contribution is 7.11. The lowest BCUT2D eigenvalue weighted by Crippen LogP contribution is -2.34. The summed E-state index contributed by atoms with van der Waals surface area (Å²) in [5, 5.41) is 4.99. The number of likely N-dealkylation sites (tertiary alicyclic amines) is 1. The monoisotopic (exact) mass is 281 g/mol. The summed E-state index contributed by atoms with van der Waals surface area (Å²) in [6, 6.07) is 1.70. The molecule has 1 aliphatic rings. The largest absolute Gasteiger partial charge is 0.305 e. The van der Waals surface area contributed by atoms with E-state index >= 15 is 0 Å². The lowest BCUT2D eigenvalue weighted by atomic mass is 10.1. The van der Waals surface area contributed by atoms with Gasteiger partial charge in [-0.05, 0) is 60.0 Å². The van der Waals surface area contributed by atoms with Gasteiger partial charge in [0.25, 0.3) is 0 Å². The standard InChI is InChI=1S/C15H27N3S/c1-11(2)18-8-5-6-14(7-9-18)17-13(4)15-16-10-12(3)19-15/h10-11,13-14,17H,5-9H2,1-4H3. The van der Waals surface area contributed by atoms with E-state index in [1.165, 1.54) is 42.2 Å². The fourth-order valence-corrected chi connectivity index (χ4v) is 3.58. The molecule has 1 aliphatic heterocycles. The molecule has 1 fully saturated rings. The molecule has 0 aromatic carbocycles. The van der Waals surface area contributed by atoms with E-state index in [9.17, 15) is 0 Å². The van der Waals surface area contributed by atoms with E-state index in [4.69, 9.17) is 0 Å². The highest BCUT2D eigenvalue weighted by Gasteiger charge is 2.20. The van der Waals surface area contributed by atoms with E-state index in [0.717, 1.165) is 0 Å². The number of aromatic nitrogens is 1. The molecule has 108 valence electrons. The predicted molar refractivity (Wildman–Crippen MR) is 82.7 cm³/mol. The van der Waals surface area contributed by atoms with Crippen molar-refractivity contribution in [2.24, 2.45) is 0 Å². The average Bonchev–Trinajstić information content (AvgIpc) is 2.65. The second-order valence-electron chi connectivity index (χ2n) is 5.96. The van der Waals surface area contributed by atoms with Gasteiger partial charge in [-0.2, -0.15) is 0 Å². The quantitative estimate of drug-likeness (QED) is 0.917. The second-order valence-corrected chi connectivity index (χ2v) is 7.22. The summed E-state index contributed by atoms with van der Waals surface area (Å²) in [7, 11) is 0. The van der Waals surface area contributed by atoms with Gasteiger partial charge in [0.15, 0.2) is 0 Å². The molecule has 1 aromatic heterocycles. The van der Waals surface area contributed by atoms with Crippen molar-refractivity contribution >= 4 is 11.3 Å². The Bertz CT molecular complexity index is 388. The number of rotatable bonds is 4. The zero-order valence-corrected chi connectivity index (χ0v) is 13.5. The molecular formula is C15H27N3S. The van der Waals surface area contributed by atoms with Crippen LogP contribution in [0.25, 0.3) is 0 Å². The van der Waals surface area contributed by atoms with Gasteiger partial charge in [-0.15, -0.1) is 11.3 Å². The minimum atomic E-state index is 0.384. The minimum absolute atomic E-state index is 0.384. The van der Waals surface area contributed by atoms with Gasteiger partial charge < -0.3 is 10.2 Å². The zero-order valence-electron chi connectivity index (χ0n) is 12.6. The Morgan fingerprint density at radius 2 is 2.11 bits per heavy atom. The Hall–Kier alpha value is -0.450. The number of hydrogen-bond acceptors (Lipinski definition) is 4. The predicted octanol–water partition coefficient (Wildman–Crippen LogP) is 3.37. The number of aryl methyl sites for hydroxylation is 1. The fourth-order valence-electron chi connectivity index (χ4n) is 2.80. The van der Waals surface area contributed by atoms with Crippen molar-refractivity contribution in [1.82, 2.24) is 15.2 Å².